The molecule has 0 atom stereocenters. The van der Waals surface area contributed by atoms with Gasteiger partial charge in [0.05, 0.1) is 5.71 Å². The van der Waals surface area contributed by atoms with E-state index in [1.165, 1.54) is 15.8 Å². The first-order valence-electron chi connectivity index (χ1n) is 3.58. The van der Waals surface area contributed by atoms with Crippen LogP contribution in [0.1, 0.15) is 13.3 Å². The zero-order valence-electron chi connectivity index (χ0n) is 6.26. The Morgan fingerprint density at radius 2 is 2.27 bits per heavy atom. The molecule has 2 heteroatoms. The topological polar surface area (TPSA) is 12.4 Å². The average molecular weight is 210 g/mol. The average Bonchev–Trinajstić information content (AvgIpc) is 2.27. The van der Waals surface area contributed by atoms with E-state index >= 15 is 0 Å². The molecule has 11 heavy (non-hydrogen) atoms. The lowest BCUT2D eigenvalue weighted by atomic mass is 10.0. The van der Waals surface area contributed by atoms with Crippen molar-refractivity contribution in [2.75, 3.05) is 0 Å². The van der Waals surface area contributed by atoms with Gasteiger partial charge in [0.2, 0.25) is 0 Å². The van der Waals surface area contributed by atoms with E-state index in [2.05, 4.69) is 39.2 Å². The number of halogens is 1. The lowest BCUT2D eigenvalue weighted by Gasteiger charge is -2.05. The van der Waals surface area contributed by atoms with Crippen molar-refractivity contribution in [2.45, 2.75) is 13.3 Å². The molecule has 2 aliphatic rings. The third kappa shape index (κ3) is 1.23. The van der Waals surface area contributed by atoms with Gasteiger partial charge in [0, 0.05) is 16.6 Å². The van der Waals surface area contributed by atoms with Gasteiger partial charge in [-0.3, -0.25) is 4.99 Å². The maximum absolute atomic E-state index is 4.40. The third-order valence-corrected chi connectivity index (χ3v) is 2.33. The predicted octanol–water partition coefficient (Wildman–Crippen LogP) is 2.95. The lowest BCUT2D eigenvalue weighted by molar-refractivity contribution is 1.31. The summed E-state index contributed by atoms with van der Waals surface area (Å²) >= 11 is 3.46. The molecule has 0 spiro atoms. The van der Waals surface area contributed by atoms with Crippen LogP contribution in [-0.2, 0) is 0 Å². The highest BCUT2D eigenvalue weighted by molar-refractivity contribution is 9.11. The summed E-state index contributed by atoms with van der Waals surface area (Å²) in [6.45, 7) is 2.03. The quantitative estimate of drug-likeness (QED) is 0.582. The van der Waals surface area contributed by atoms with Crippen LogP contribution in [0, 0.1) is 0 Å². The van der Waals surface area contributed by atoms with Crippen LogP contribution in [-0.4, -0.2) is 5.71 Å². The van der Waals surface area contributed by atoms with Crippen molar-refractivity contribution in [1.29, 1.82) is 0 Å². The fraction of sp³-hybridized carbons (Fsp3) is 0.222. The van der Waals surface area contributed by atoms with Gasteiger partial charge >= 0.3 is 0 Å². The highest BCUT2D eigenvalue weighted by atomic mass is 79.9. The zero-order valence-corrected chi connectivity index (χ0v) is 7.85. The zero-order chi connectivity index (χ0) is 7.84. The molecule has 2 rings (SSSR count). The smallest absolute Gasteiger partial charge is 0.0528 e. The standard InChI is InChI=1S/C9H8BrN/c1-6-4-7-2-3-8(10)5-9(7)11-6/h2-4H,5H2,1H3. The lowest BCUT2D eigenvalue weighted by Crippen LogP contribution is -2.00. The molecule has 0 saturated heterocycles. The van der Waals surface area contributed by atoms with Crippen molar-refractivity contribution in [3.8, 4) is 0 Å². The van der Waals surface area contributed by atoms with E-state index in [0.717, 1.165) is 12.1 Å². The first kappa shape index (κ1) is 7.04. The van der Waals surface area contributed by atoms with Crippen molar-refractivity contribution in [3.05, 3.63) is 34.0 Å². The Bertz CT molecular complexity index is 318. The van der Waals surface area contributed by atoms with Crippen molar-refractivity contribution in [1.82, 2.24) is 0 Å². The summed E-state index contributed by atoms with van der Waals surface area (Å²) in [6, 6.07) is 0. The second kappa shape index (κ2) is 2.45. The normalized spacial score (nSPS) is 21.6. The van der Waals surface area contributed by atoms with Crippen molar-refractivity contribution >= 4 is 21.6 Å². The van der Waals surface area contributed by atoms with Crippen LogP contribution in [0.15, 0.2) is 39.0 Å². The van der Waals surface area contributed by atoms with E-state index < -0.39 is 0 Å². The Balaban J connectivity index is 2.41. The number of fused-ring (bicyclic) bond motifs is 1. The van der Waals surface area contributed by atoms with Crippen LogP contribution in [0.5, 0.6) is 0 Å². The maximum atomic E-state index is 4.40. The largest absolute Gasteiger partial charge is 0.257 e. The summed E-state index contributed by atoms with van der Waals surface area (Å²) in [4.78, 5) is 4.40. The minimum atomic E-state index is 0.944. The minimum Gasteiger partial charge on any atom is -0.257 e. The van der Waals surface area contributed by atoms with Crippen LogP contribution in [0.4, 0.5) is 0 Å². The van der Waals surface area contributed by atoms with Gasteiger partial charge in [-0.05, 0) is 18.6 Å². The fourth-order valence-electron chi connectivity index (χ4n) is 1.30. The number of aliphatic imine (C=N–C) groups is 1. The number of hydrogen-bond acceptors (Lipinski definition) is 1. The molecule has 0 saturated carbocycles. The van der Waals surface area contributed by atoms with Crippen LogP contribution in [0.3, 0.4) is 0 Å². The van der Waals surface area contributed by atoms with Gasteiger partial charge in [0.25, 0.3) is 0 Å². The van der Waals surface area contributed by atoms with E-state index in [4.69, 9.17) is 0 Å². The van der Waals surface area contributed by atoms with E-state index in [0.29, 0.717) is 0 Å². The van der Waals surface area contributed by atoms with Crippen LogP contribution < -0.4 is 0 Å². The molecule has 0 radical (unpaired) electrons. The van der Waals surface area contributed by atoms with Crippen molar-refractivity contribution in [2.24, 2.45) is 4.99 Å². The predicted molar refractivity (Wildman–Crippen MR) is 50.9 cm³/mol. The van der Waals surface area contributed by atoms with Gasteiger partial charge in [-0.2, -0.15) is 0 Å². The Morgan fingerprint density at radius 1 is 1.45 bits per heavy atom. The Kier molecular flexibility index (Phi) is 1.57. The highest BCUT2D eigenvalue weighted by Gasteiger charge is 2.14. The number of hydrogen-bond donors (Lipinski definition) is 0. The van der Waals surface area contributed by atoms with E-state index in [9.17, 15) is 0 Å². The minimum absolute atomic E-state index is 0.944. The Morgan fingerprint density at radius 3 is 3.09 bits per heavy atom. The summed E-state index contributed by atoms with van der Waals surface area (Å²) in [7, 11) is 0. The number of nitrogens with zero attached hydrogens (tertiary/aromatic N) is 1. The van der Waals surface area contributed by atoms with E-state index in [-0.39, 0.29) is 0 Å². The van der Waals surface area contributed by atoms with Gasteiger partial charge in [-0.25, -0.2) is 0 Å². The number of allylic oxidation sites excluding steroid dienone is 6. The van der Waals surface area contributed by atoms with Gasteiger partial charge in [-0.1, -0.05) is 28.1 Å². The summed E-state index contributed by atoms with van der Waals surface area (Å²) in [6.07, 6.45) is 7.25. The molecule has 0 unspecified atom stereocenters. The van der Waals surface area contributed by atoms with Gasteiger partial charge in [0.1, 0.15) is 0 Å². The van der Waals surface area contributed by atoms with E-state index in [1.54, 1.807) is 0 Å². The molecule has 0 aromatic rings. The van der Waals surface area contributed by atoms with Crippen molar-refractivity contribution in [3.63, 3.8) is 0 Å². The summed E-state index contributed by atoms with van der Waals surface area (Å²) < 4.78 is 1.21. The molecular formula is C9H8BrN. The molecule has 0 bridgehead atoms. The Hall–Kier alpha value is -0.630. The molecule has 1 aliphatic heterocycles. The fourth-order valence-corrected chi connectivity index (χ4v) is 1.70. The maximum Gasteiger partial charge on any atom is 0.0528 e. The molecule has 1 aliphatic carbocycles. The second-order valence-corrected chi connectivity index (χ2v) is 3.78. The van der Waals surface area contributed by atoms with Crippen LogP contribution in [0.25, 0.3) is 0 Å². The summed E-state index contributed by atoms with van der Waals surface area (Å²) in [5.41, 5.74) is 3.57. The molecule has 0 aromatic carbocycles. The van der Waals surface area contributed by atoms with Crippen LogP contribution in [0.2, 0.25) is 0 Å². The molecule has 0 aromatic heterocycles. The SMILES string of the molecule is CC1=CC2=CC=C(Br)CC2=N1. The van der Waals surface area contributed by atoms with E-state index in [1.807, 2.05) is 6.92 Å². The van der Waals surface area contributed by atoms with Gasteiger partial charge < -0.3 is 0 Å². The number of rotatable bonds is 0. The first-order chi connectivity index (χ1) is 5.25. The highest BCUT2D eigenvalue weighted by Crippen LogP contribution is 2.26. The first-order valence-corrected chi connectivity index (χ1v) is 4.37. The van der Waals surface area contributed by atoms with Crippen molar-refractivity contribution < 1.29 is 0 Å². The second-order valence-electron chi connectivity index (χ2n) is 2.76. The summed E-state index contributed by atoms with van der Waals surface area (Å²) in [5.74, 6) is 0. The molecule has 1 heterocycles. The summed E-state index contributed by atoms with van der Waals surface area (Å²) in [5, 5.41) is 0. The monoisotopic (exact) mass is 209 g/mol. The molecule has 0 fully saturated rings. The Labute approximate surface area is 74.3 Å². The molecule has 1 nitrogen and oxygen atoms in total. The molecule has 0 N–H and O–H groups in total. The molecule has 0 amide bonds. The third-order valence-electron chi connectivity index (χ3n) is 1.79. The van der Waals surface area contributed by atoms with Crippen LogP contribution >= 0.6 is 15.9 Å². The molecule has 56 valence electrons. The van der Waals surface area contributed by atoms with Gasteiger partial charge in [-0.15, -0.1) is 0 Å². The van der Waals surface area contributed by atoms with Gasteiger partial charge in [0.15, 0.2) is 0 Å². The molecular weight excluding hydrogens is 202 g/mol.